The summed E-state index contributed by atoms with van der Waals surface area (Å²) in [5.74, 6) is -0.646. The first kappa shape index (κ1) is 15.3. The highest BCUT2D eigenvalue weighted by Gasteiger charge is 2.45. The van der Waals surface area contributed by atoms with Crippen LogP contribution in [0, 0.1) is 0 Å². The zero-order valence-corrected chi connectivity index (χ0v) is 11.4. The molecule has 0 radical (unpaired) electrons. The van der Waals surface area contributed by atoms with E-state index in [1.54, 1.807) is 30.3 Å². The van der Waals surface area contributed by atoms with Gasteiger partial charge in [-0.05, 0) is 12.1 Å². The Morgan fingerprint density at radius 1 is 1.25 bits per heavy atom. The van der Waals surface area contributed by atoms with Crippen LogP contribution in [0.15, 0.2) is 30.3 Å². The number of aliphatic hydroxyl groups excluding tert-OH is 3. The second-order valence-electron chi connectivity index (χ2n) is 4.46. The molecule has 6 nitrogen and oxygen atoms in total. The molecule has 110 valence electrons. The molecule has 0 aromatic heterocycles. The van der Waals surface area contributed by atoms with E-state index >= 15 is 0 Å². The lowest BCUT2D eigenvalue weighted by atomic mass is 10.00. The van der Waals surface area contributed by atoms with Crippen LogP contribution in [0.3, 0.4) is 0 Å². The van der Waals surface area contributed by atoms with Crippen LogP contribution in [0.4, 0.5) is 0 Å². The van der Waals surface area contributed by atoms with Gasteiger partial charge in [-0.1, -0.05) is 18.2 Å². The second-order valence-corrected chi connectivity index (χ2v) is 4.97. The molecule has 2 rings (SSSR count). The molecule has 0 spiro atoms. The fraction of sp³-hybridized carbons (Fsp3) is 0.462. The molecule has 0 amide bonds. The number of hydrogen-bond donors (Lipinski definition) is 4. The van der Waals surface area contributed by atoms with Gasteiger partial charge in [0, 0.05) is 0 Å². The van der Waals surface area contributed by atoms with Crippen molar-refractivity contribution >= 4 is 18.6 Å². The van der Waals surface area contributed by atoms with E-state index in [1.807, 2.05) is 0 Å². The van der Waals surface area contributed by atoms with E-state index in [4.69, 9.17) is 14.6 Å². The molecular weight excluding hydrogens is 284 g/mol. The van der Waals surface area contributed by atoms with Gasteiger partial charge >= 0.3 is 5.97 Å². The zero-order valence-electron chi connectivity index (χ0n) is 10.5. The average Bonchev–Trinajstić information content (AvgIpc) is 2.48. The number of ether oxygens (including phenoxy) is 2. The van der Waals surface area contributed by atoms with Gasteiger partial charge in [0.25, 0.3) is 0 Å². The third kappa shape index (κ3) is 3.13. The number of carbonyl (C=O) groups excluding carboxylic acids is 1. The van der Waals surface area contributed by atoms with Crippen molar-refractivity contribution in [1.29, 1.82) is 0 Å². The van der Waals surface area contributed by atoms with E-state index in [0.717, 1.165) is 0 Å². The summed E-state index contributed by atoms with van der Waals surface area (Å²) in [5.41, 5.74) is -0.614. The summed E-state index contributed by atoms with van der Waals surface area (Å²) in [6.07, 6.45) is -4.81. The number of hydrogen-bond acceptors (Lipinski definition) is 7. The lowest BCUT2D eigenvalue weighted by Crippen LogP contribution is -2.58. The number of benzene rings is 1. The van der Waals surface area contributed by atoms with E-state index in [2.05, 4.69) is 12.6 Å². The number of aliphatic hydroxyl groups is 3. The summed E-state index contributed by atoms with van der Waals surface area (Å²) in [7, 11) is 0. The van der Waals surface area contributed by atoms with Crippen molar-refractivity contribution in [3.63, 3.8) is 0 Å². The van der Waals surface area contributed by atoms with E-state index in [-0.39, 0.29) is 0 Å². The topological polar surface area (TPSA) is 96.2 Å². The van der Waals surface area contributed by atoms with Crippen LogP contribution in [-0.2, 0) is 9.47 Å². The predicted octanol–water partition coefficient (Wildman–Crippen LogP) is -0.419. The lowest BCUT2D eigenvalue weighted by Gasteiger charge is -2.39. The number of esters is 1. The van der Waals surface area contributed by atoms with Crippen LogP contribution in [-0.4, -0.2) is 57.7 Å². The normalized spacial score (nSPS) is 33.7. The Kier molecular flexibility index (Phi) is 5.00. The summed E-state index contributed by atoms with van der Waals surface area (Å²) < 4.78 is 10.3. The van der Waals surface area contributed by atoms with E-state index in [9.17, 15) is 15.0 Å². The van der Waals surface area contributed by atoms with Gasteiger partial charge in [0.2, 0.25) is 0 Å². The minimum Gasteiger partial charge on any atom is -0.452 e. The fourth-order valence-corrected chi connectivity index (χ4v) is 2.36. The van der Waals surface area contributed by atoms with Gasteiger partial charge in [-0.25, -0.2) is 4.79 Å². The summed E-state index contributed by atoms with van der Waals surface area (Å²) in [5, 5.41) is 28.7. The standard InChI is InChI=1S/C13H16O6S/c14-6-8-9(15)10(16)11(13(20)18-8)19-12(17)7-4-2-1-3-5-7/h1-5,8-11,13-16,20H,6H2/t8-,9+,10+,11-,13+/m1/s1. The molecule has 1 aliphatic rings. The summed E-state index contributed by atoms with van der Waals surface area (Å²) in [4.78, 5) is 11.9. The molecule has 20 heavy (non-hydrogen) atoms. The molecule has 1 aliphatic heterocycles. The quantitative estimate of drug-likeness (QED) is 0.447. The summed E-state index contributed by atoms with van der Waals surface area (Å²) in [6.45, 7) is -0.464. The monoisotopic (exact) mass is 300 g/mol. The highest BCUT2D eigenvalue weighted by Crippen LogP contribution is 2.26. The van der Waals surface area contributed by atoms with Gasteiger partial charge in [-0.15, -0.1) is 12.6 Å². The van der Waals surface area contributed by atoms with Crippen molar-refractivity contribution in [2.24, 2.45) is 0 Å². The van der Waals surface area contributed by atoms with Crippen molar-refractivity contribution < 1.29 is 29.6 Å². The Bertz CT molecular complexity index is 453. The van der Waals surface area contributed by atoms with Gasteiger partial charge in [0.15, 0.2) is 6.10 Å². The van der Waals surface area contributed by atoms with E-state index < -0.39 is 42.4 Å². The summed E-state index contributed by atoms with van der Waals surface area (Å²) >= 11 is 4.07. The van der Waals surface area contributed by atoms with Crippen LogP contribution >= 0.6 is 12.6 Å². The first-order valence-corrected chi connectivity index (χ1v) is 6.62. The Hall–Kier alpha value is -1.12. The molecule has 1 aromatic rings. The number of rotatable bonds is 3. The minimum absolute atomic E-state index is 0.319. The van der Waals surface area contributed by atoms with Crippen molar-refractivity contribution in [3.8, 4) is 0 Å². The first-order valence-electron chi connectivity index (χ1n) is 6.11. The largest absolute Gasteiger partial charge is 0.452 e. The molecule has 3 N–H and O–H groups in total. The molecule has 7 heteroatoms. The zero-order chi connectivity index (χ0) is 14.7. The lowest BCUT2D eigenvalue weighted by molar-refractivity contribution is -0.205. The van der Waals surface area contributed by atoms with Crippen molar-refractivity contribution in [2.45, 2.75) is 29.9 Å². The highest BCUT2D eigenvalue weighted by atomic mass is 32.1. The SMILES string of the molecule is O=C(O[C@@H]1[C@@H](O)[C@@H](O)[C@@H](CO)O[C@H]1S)c1ccccc1. The molecule has 1 fully saturated rings. The average molecular weight is 300 g/mol. The maximum absolute atomic E-state index is 11.9. The summed E-state index contributed by atoms with van der Waals surface area (Å²) in [6, 6.07) is 8.25. The predicted molar refractivity (Wildman–Crippen MR) is 72.4 cm³/mol. The van der Waals surface area contributed by atoms with Crippen LogP contribution in [0.1, 0.15) is 10.4 Å². The van der Waals surface area contributed by atoms with Gasteiger partial charge in [0.05, 0.1) is 12.2 Å². The molecule has 1 aromatic carbocycles. The van der Waals surface area contributed by atoms with Gasteiger partial charge in [-0.3, -0.25) is 0 Å². The van der Waals surface area contributed by atoms with Gasteiger partial charge in [-0.2, -0.15) is 0 Å². The molecule has 0 bridgehead atoms. The van der Waals surface area contributed by atoms with Crippen molar-refractivity contribution in [3.05, 3.63) is 35.9 Å². The molecule has 1 heterocycles. The Labute approximate surface area is 121 Å². The van der Waals surface area contributed by atoms with E-state index in [1.165, 1.54) is 0 Å². The van der Waals surface area contributed by atoms with Crippen LogP contribution in [0.2, 0.25) is 0 Å². The Morgan fingerprint density at radius 2 is 1.90 bits per heavy atom. The van der Waals surface area contributed by atoms with Crippen LogP contribution in [0.25, 0.3) is 0 Å². The third-order valence-corrected chi connectivity index (χ3v) is 3.51. The molecule has 1 saturated heterocycles. The van der Waals surface area contributed by atoms with Crippen LogP contribution in [0.5, 0.6) is 0 Å². The van der Waals surface area contributed by atoms with E-state index in [0.29, 0.717) is 5.56 Å². The van der Waals surface area contributed by atoms with Crippen LogP contribution < -0.4 is 0 Å². The Balaban J connectivity index is 2.07. The molecular formula is C13H16O6S. The Morgan fingerprint density at radius 3 is 2.50 bits per heavy atom. The minimum atomic E-state index is -1.38. The van der Waals surface area contributed by atoms with Crippen molar-refractivity contribution in [2.75, 3.05) is 6.61 Å². The first-order chi connectivity index (χ1) is 9.54. The smallest absolute Gasteiger partial charge is 0.338 e. The maximum atomic E-state index is 11.9. The number of thiol groups is 1. The number of carbonyl (C=O) groups is 1. The van der Waals surface area contributed by atoms with Crippen molar-refractivity contribution in [1.82, 2.24) is 0 Å². The van der Waals surface area contributed by atoms with Gasteiger partial charge in [0.1, 0.15) is 23.7 Å². The molecule has 0 aliphatic carbocycles. The molecule has 0 unspecified atom stereocenters. The molecule has 0 saturated carbocycles. The maximum Gasteiger partial charge on any atom is 0.338 e. The highest BCUT2D eigenvalue weighted by molar-refractivity contribution is 7.80. The fourth-order valence-electron chi connectivity index (χ4n) is 1.96. The third-order valence-electron chi connectivity index (χ3n) is 3.10. The van der Waals surface area contributed by atoms with Gasteiger partial charge < -0.3 is 24.8 Å². The molecule has 5 atom stereocenters. The second kappa shape index (κ2) is 6.55.